The number of aliphatic hydroxyl groups is 1. The fourth-order valence-corrected chi connectivity index (χ4v) is 4.53. The number of nitrogens with zero attached hydrogens (tertiary/aromatic N) is 3. The topological polar surface area (TPSA) is 106 Å². The molecular weight excluding hydrogens is 344 g/mol. The number of hydrogen-bond acceptors (Lipinski definition) is 6. The molecule has 0 aromatic carbocycles. The highest BCUT2D eigenvalue weighted by Gasteiger charge is 2.38. The Kier molecular flexibility index (Phi) is 5.07. The van der Waals surface area contributed by atoms with Gasteiger partial charge in [-0.1, -0.05) is 6.07 Å². The van der Waals surface area contributed by atoms with E-state index >= 15 is 0 Å². The lowest BCUT2D eigenvalue weighted by Crippen LogP contribution is -2.41. The third-order valence-electron chi connectivity index (χ3n) is 4.48. The van der Waals surface area contributed by atoms with Crippen LogP contribution in [0.5, 0.6) is 5.88 Å². The number of rotatable bonds is 7. The Bertz CT molecular complexity index is 813. The Labute approximate surface area is 146 Å². The van der Waals surface area contributed by atoms with E-state index in [4.69, 9.17) is 4.74 Å². The van der Waals surface area contributed by atoms with Crippen molar-refractivity contribution in [2.45, 2.75) is 43.5 Å². The van der Waals surface area contributed by atoms with Gasteiger partial charge in [0.05, 0.1) is 25.5 Å². The number of aryl methyl sites for hydroxylation is 1. The highest BCUT2D eigenvalue weighted by molar-refractivity contribution is 7.89. The molecule has 1 aliphatic carbocycles. The maximum absolute atomic E-state index is 12.8. The summed E-state index contributed by atoms with van der Waals surface area (Å²) in [5, 5.41) is 13.8. The molecule has 0 aliphatic heterocycles. The van der Waals surface area contributed by atoms with Gasteiger partial charge in [0.25, 0.3) is 10.0 Å². The first kappa shape index (κ1) is 17.8. The van der Waals surface area contributed by atoms with Crippen molar-refractivity contribution in [1.82, 2.24) is 19.5 Å². The first-order valence-corrected chi connectivity index (χ1v) is 9.65. The number of pyridine rings is 1. The van der Waals surface area contributed by atoms with Crippen LogP contribution < -0.4 is 9.46 Å². The van der Waals surface area contributed by atoms with Gasteiger partial charge in [-0.15, -0.1) is 0 Å². The van der Waals surface area contributed by atoms with Crippen molar-refractivity contribution in [2.75, 3.05) is 7.11 Å². The number of hydrogen-bond donors (Lipinski definition) is 2. The maximum atomic E-state index is 12.8. The molecule has 136 valence electrons. The lowest BCUT2D eigenvalue weighted by atomic mass is 9.76. The van der Waals surface area contributed by atoms with Crippen molar-refractivity contribution in [3.63, 3.8) is 0 Å². The summed E-state index contributed by atoms with van der Waals surface area (Å²) in [6, 6.07) is 4.50. The molecule has 0 bridgehead atoms. The summed E-state index contributed by atoms with van der Waals surface area (Å²) in [5.41, 5.74) is 0.740. The number of sulfonamides is 1. The number of aliphatic hydroxyl groups excluding tert-OH is 1. The van der Waals surface area contributed by atoms with Crippen LogP contribution in [0.15, 0.2) is 35.6 Å². The molecule has 25 heavy (non-hydrogen) atoms. The average molecular weight is 366 g/mol. The Balaban J connectivity index is 1.89. The smallest absolute Gasteiger partial charge is 0.258 e. The van der Waals surface area contributed by atoms with E-state index in [1.807, 2.05) is 6.92 Å². The van der Waals surface area contributed by atoms with E-state index in [-0.39, 0.29) is 17.0 Å². The molecule has 3 rings (SSSR count). The second-order valence-corrected chi connectivity index (χ2v) is 7.76. The van der Waals surface area contributed by atoms with Crippen LogP contribution in [0.1, 0.15) is 31.4 Å². The fraction of sp³-hybridized carbons (Fsp3) is 0.500. The summed E-state index contributed by atoms with van der Waals surface area (Å²) in [6.07, 6.45) is 3.78. The molecule has 1 saturated carbocycles. The van der Waals surface area contributed by atoms with Crippen LogP contribution >= 0.6 is 0 Å². The van der Waals surface area contributed by atoms with Gasteiger partial charge in [-0.05, 0) is 37.3 Å². The molecule has 8 nitrogen and oxygen atoms in total. The second kappa shape index (κ2) is 7.11. The summed E-state index contributed by atoms with van der Waals surface area (Å²) < 4.78 is 34.9. The standard InChI is InChI=1S/C16H22N4O4S/c1-3-20-15(6-7-18-20)25(22,23)19-16(12-8-13(21)9-12)11-4-5-14(24-2)17-10-11/h4-7,10,12-13,16,19,21H,3,8-9H2,1-2H3. The van der Waals surface area contributed by atoms with Crippen LogP contribution in [0, 0.1) is 5.92 Å². The van der Waals surface area contributed by atoms with Crippen LogP contribution in [0.25, 0.3) is 0 Å². The van der Waals surface area contributed by atoms with Crippen molar-refractivity contribution < 1.29 is 18.3 Å². The largest absolute Gasteiger partial charge is 0.481 e. The van der Waals surface area contributed by atoms with Crippen LogP contribution in [0.4, 0.5) is 0 Å². The van der Waals surface area contributed by atoms with Crippen LogP contribution in [0.3, 0.4) is 0 Å². The molecule has 0 radical (unpaired) electrons. The maximum Gasteiger partial charge on any atom is 0.258 e. The molecule has 2 N–H and O–H groups in total. The number of aromatic nitrogens is 3. The average Bonchev–Trinajstić information content (AvgIpc) is 3.07. The molecule has 1 fully saturated rings. The van der Waals surface area contributed by atoms with Crippen molar-refractivity contribution in [2.24, 2.45) is 5.92 Å². The minimum Gasteiger partial charge on any atom is -0.481 e. The normalized spacial score (nSPS) is 21.6. The van der Waals surface area contributed by atoms with E-state index in [9.17, 15) is 13.5 Å². The Morgan fingerprint density at radius 2 is 2.16 bits per heavy atom. The Morgan fingerprint density at radius 3 is 2.72 bits per heavy atom. The first-order chi connectivity index (χ1) is 11.9. The highest BCUT2D eigenvalue weighted by atomic mass is 32.2. The van der Waals surface area contributed by atoms with E-state index in [1.165, 1.54) is 24.1 Å². The Morgan fingerprint density at radius 1 is 1.40 bits per heavy atom. The Hall–Kier alpha value is -1.97. The summed E-state index contributed by atoms with van der Waals surface area (Å²) in [7, 11) is -2.23. The van der Waals surface area contributed by atoms with Gasteiger partial charge in [0.2, 0.25) is 5.88 Å². The SMILES string of the molecule is CCn1nccc1S(=O)(=O)NC(c1ccc(OC)nc1)C1CC(O)C1. The van der Waals surface area contributed by atoms with Gasteiger partial charge in [0.1, 0.15) is 0 Å². The summed E-state index contributed by atoms with van der Waals surface area (Å²) in [5.74, 6) is 0.473. The predicted octanol–water partition coefficient (Wildman–Crippen LogP) is 1.10. The first-order valence-electron chi connectivity index (χ1n) is 8.16. The molecule has 1 aliphatic rings. The minimum atomic E-state index is -3.75. The molecule has 9 heteroatoms. The zero-order valence-electron chi connectivity index (χ0n) is 14.2. The van der Waals surface area contributed by atoms with Gasteiger partial charge in [-0.2, -0.15) is 5.10 Å². The minimum absolute atomic E-state index is 0.0120. The van der Waals surface area contributed by atoms with Gasteiger partial charge >= 0.3 is 0 Å². The van der Waals surface area contributed by atoms with Crippen molar-refractivity contribution in [3.05, 3.63) is 36.2 Å². The second-order valence-electron chi connectivity index (χ2n) is 6.10. The van der Waals surface area contributed by atoms with E-state index in [0.29, 0.717) is 25.3 Å². The molecule has 0 spiro atoms. The van der Waals surface area contributed by atoms with E-state index in [2.05, 4.69) is 14.8 Å². The molecule has 1 atom stereocenters. The quantitative estimate of drug-likeness (QED) is 0.760. The molecule has 2 aromatic rings. The van der Waals surface area contributed by atoms with E-state index < -0.39 is 16.1 Å². The molecular formula is C16H22N4O4S. The third-order valence-corrected chi connectivity index (χ3v) is 5.94. The zero-order chi connectivity index (χ0) is 18.0. The summed E-state index contributed by atoms with van der Waals surface area (Å²) in [6.45, 7) is 2.29. The van der Waals surface area contributed by atoms with Crippen LogP contribution in [-0.4, -0.2) is 41.5 Å². The van der Waals surface area contributed by atoms with Crippen molar-refractivity contribution in [1.29, 1.82) is 0 Å². The molecule has 0 amide bonds. The van der Waals surface area contributed by atoms with E-state index in [1.54, 1.807) is 18.3 Å². The summed E-state index contributed by atoms with van der Waals surface area (Å²) in [4.78, 5) is 4.17. The molecule has 0 saturated heterocycles. The lowest BCUT2D eigenvalue weighted by molar-refractivity contribution is 0.0279. The predicted molar refractivity (Wildman–Crippen MR) is 90.5 cm³/mol. The number of ether oxygens (including phenoxy) is 1. The van der Waals surface area contributed by atoms with Crippen LogP contribution in [0.2, 0.25) is 0 Å². The molecule has 1 unspecified atom stereocenters. The zero-order valence-corrected chi connectivity index (χ0v) is 15.0. The summed E-state index contributed by atoms with van der Waals surface area (Å²) >= 11 is 0. The lowest BCUT2D eigenvalue weighted by Gasteiger charge is -2.38. The monoisotopic (exact) mass is 366 g/mol. The van der Waals surface area contributed by atoms with Crippen LogP contribution in [-0.2, 0) is 16.6 Å². The highest BCUT2D eigenvalue weighted by Crippen LogP contribution is 2.39. The van der Waals surface area contributed by atoms with Gasteiger partial charge in [-0.25, -0.2) is 18.1 Å². The van der Waals surface area contributed by atoms with Gasteiger partial charge < -0.3 is 9.84 Å². The molecule has 2 heterocycles. The van der Waals surface area contributed by atoms with Gasteiger partial charge in [-0.3, -0.25) is 4.68 Å². The number of nitrogens with one attached hydrogen (secondary N) is 1. The van der Waals surface area contributed by atoms with E-state index in [0.717, 1.165) is 5.56 Å². The third kappa shape index (κ3) is 3.68. The van der Waals surface area contributed by atoms with Crippen molar-refractivity contribution >= 4 is 10.0 Å². The van der Waals surface area contributed by atoms with Crippen molar-refractivity contribution in [3.8, 4) is 5.88 Å². The number of methoxy groups -OCH3 is 1. The molecule has 2 aromatic heterocycles. The fourth-order valence-electron chi connectivity index (χ4n) is 3.05. The van der Waals surface area contributed by atoms with Gasteiger partial charge in [0, 0.05) is 18.8 Å². The van der Waals surface area contributed by atoms with Gasteiger partial charge in [0.15, 0.2) is 5.03 Å².